The van der Waals surface area contributed by atoms with Crippen LogP contribution in [0.15, 0.2) is 46.9 Å². The van der Waals surface area contributed by atoms with Gasteiger partial charge in [-0.15, -0.1) is 0 Å². The van der Waals surface area contributed by atoms with Gasteiger partial charge in [-0.25, -0.2) is 0 Å². The number of halogens is 3. The molecule has 110 valence electrons. The Bertz CT molecular complexity index is 629. The molecule has 0 aliphatic carbocycles. The van der Waals surface area contributed by atoms with Crippen molar-refractivity contribution in [2.45, 2.75) is 12.8 Å². The molecule has 1 amide bonds. The van der Waals surface area contributed by atoms with E-state index in [0.29, 0.717) is 17.1 Å². The summed E-state index contributed by atoms with van der Waals surface area (Å²) in [5.41, 5.74) is 1.69. The van der Waals surface area contributed by atoms with Crippen LogP contribution in [0.1, 0.15) is 22.3 Å². The van der Waals surface area contributed by atoms with Crippen molar-refractivity contribution in [2.75, 3.05) is 6.54 Å². The summed E-state index contributed by atoms with van der Waals surface area (Å²) in [6.45, 7) is 0.601. The Hall–Kier alpha value is -1.03. The van der Waals surface area contributed by atoms with Crippen LogP contribution < -0.4 is 5.32 Å². The monoisotopic (exact) mass is 385 g/mol. The molecule has 2 nitrogen and oxygen atoms in total. The zero-order valence-corrected chi connectivity index (χ0v) is 14.3. The lowest BCUT2D eigenvalue weighted by Crippen LogP contribution is -2.25. The van der Waals surface area contributed by atoms with E-state index in [4.69, 9.17) is 23.2 Å². The quantitative estimate of drug-likeness (QED) is 0.710. The topological polar surface area (TPSA) is 29.1 Å². The van der Waals surface area contributed by atoms with Crippen molar-refractivity contribution in [3.63, 3.8) is 0 Å². The summed E-state index contributed by atoms with van der Waals surface area (Å²) in [4.78, 5) is 12.0. The van der Waals surface area contributed by atoms with E-state index in [1.165, 1.54) is 5.56 Å². The smallest absolute Gasteiger partial charge is 0.252 e. The van der Waals surface area contributed by atoms with E-state index >= 15 is 0 Å². The number of amides is 1. The van der Waals surface area contributed by atoms with Crippen molar-refractivity contribution in [2.24, 2.45) is 0 Å². The molecule has 0 aliphatic heterocycles. The summed E-state index contributed by atoms with van der Waals surface area (Å²) in [5.74, 6) is -0.155. The van der Waals surface area contributed by atoms with Gasteiger partial charge in [0.25, 0.3) is 5.91 Å². The minimum atomic E-state index is -0.155. The second kappa shape index (κ2) is 7.83. The van der Waals surface area contributed by atoms with Crippen molar-refractivity contribution in [1.82, 2.24) is 5.32 Å². The molecular formula is C16H14BrCl2NO. The van der Waals surface area contributed by atoms with E-state index in [0.717, 1.165) is 22.3 Å². The van der Waals surface area contributed by atoms with E-state index in [2.05, 4.69) is 21.2 Å². The van der Waals surface area contributed by atoms with E-state index in [1.807, 2.05) is 24.3 Å². The number of hydrogen-bond donors (Lipinski definition) is 1. The minimum absolute atomic E-state index is 0.155. The SMILES string of the molecule is O=C(NCCCc1ccc(Cl)cc1)c1cc(Br)ccc1Cl. The van der Waals surface area contributed by atoms with Gasteiger partial charge in [0.05, 0.1) is 10.6 Å². The first kappa shape index (κ1) is 16.3. The van der Waals surface area contributed by atoms with Crippen molar-refractivity contribution in [1.29, 1.82) is 0 Å². The first-order chi connectivity index (χ1) is 10.1. The van der Waals surface area contributed by atoms with Crippen molar-refractivity contribution >= 4 is 45.0 Å². The lowest BCUT2D eigenvalue weighted by atomic mass is 10.1. The second-order valence-electron chi connectivity index (χ2n) is 4.61. The molecule has 21 heavy (non-hydrogen) atoms. The number of hydrogen-bond acceptors (Lipinski definition) is 1. The molecule has 0 unspecified atom stereocenters. The summed E-state index contributed by atoms with van der Waals surface area (Å²) in [7, 11) is 0. The van der Waals surface area contributed by atoms with Gasteiger partial charge < -0.3 is 5.32 Å². The first-order valence-corrected chi connectivity index (χ1v) is 8.09. The third kappa shape index (κ3) is 5.03. The van der Waals surface area contributed by atoms with E-state index < -0.39 is 0 Å². The lowest BCUT2D eigenvalue weighted by molar-refractivity contribution is 0.0953. The van der Waals surface area contributed by atoms with Crippen LogP contribution in [0.25, 0.3) is 0 Å². The maximum absolute atomic E-state index is 12.0. The molecule has 0 spiro atoms. The number of benzene rings is 2. The Morgan fingerprint density at radius 2 is 1.81 bits per heavy atom. The molecule has 1 N–H and O–H groups in total. The molecule has 0 atom stereocenters. The van der Waals surface area contributed by atoms with Gasteiger partial charge in [-0.2, -0.15) is 0 Å². The maximum Gasteiger partial charge on any atom is 0.252 e. The third-order valence-electron chi connectivity index (χ3n) is 3.01. The standard InChI is InChI=1S/C16H14BrCl2NO/c17-12-5-8-15(19)14(10-12)16(21)20-9-1-2-11-3-6-13(18)7-4-11/h3-8,10H,1-2,9H2,(H,20,21). The predicted octanol–water partition coefficient (Wildman–Crippen LogP) is 5.12. The van der Waals surface area contributed by atoms with E-state index in [1.54, 1.807) is 18.2 Å². The molecule has 2 aromatic rings. The Labute approximate surface area is 142 Å². The molecule has 0 radical (unpaired) electrons. The average Bonchev–Trinajstić information content (AvgIpc) is 2.47. The maximum atomic E-state index is 12.0. The molecule has 5 heteroatoms. The van der Waals surface area contributed by atoms with Crippen molar-refractivity contribution < 1.29 is 4.79 Å². The second-order valence-corrected chi connectivity index (χ2v) is 6.37. The van der Waals surface area contributed by atoms with Crippen LogP contribution in [-0.2, 0) is 6.42 Å². The third-order valence-corrected chi connectivity index (χ3v) is 4.09. The molecular weight excluding hydrogens is 373 g/mol. The number of carbonyl (C=O) groups excluding carboxylic acids is 1. The van der Waals surface area contributed by atoms with Gasteiger partial charge in [-0.05, 0) is 48.7 Å². The molecule has 0 bridgehead atoms. The fourth-order valence-corrected chi connectivity index (χ4v) is 2.60. The zero-order valence-electron chi connectivity index (χ0n) is 11.2. The Kier molecular flexibility index (Phi) is 6.09. The van der Waals surface area contributed by atoms with Crippen LogP contribution >= 0.6 is 39.1 Å². The minimum Gasteiger partial charge on any atom is -0.352 e. The summed E-state index contributed by atoms with van der Waals surface area (Å²) in [6, 6.07) is 13.0. The number of carbonyl (C=O) groups is 1. The number of nitrogens with one attached hydrogen (secondary N) is 1. The molecule has 0 aromatic heterocycles. The van der Waals surface area contributed by atoms with Crippen LogP contribution in [0.4, 0.5) is 0 Å². The molecule has 2 rings (SSSR count). The van der Waals surface area contributed by atoms with Gasteiger partial charge in [0.1, 0.15) is 0 Å². The van der Waals surface area contributed by atoms with Gasteiger partial charge >= 0.3 is 0 Å². The van der Waals surface area contributed by atoms with Crippen LogP contribution in [0.5, 0.6) is 0 Å². The van der Waals surface area contributed by atoms with Gasteiger partial charge in [-0.1, -0.05) is 51.3 Å². The Balaban J connectivity index is 1.81. The van der Waals surface area contributed by atoms with Crippen LogP contribution in [0.3, 0.4) is 0 Å². The molecule has 2 aromatic carbocycles. The summed E-state index contributed by atoms with van der Waals surface area (Å²) in [5, 5.41) is 4.06. The molecule has 0 saturated heterocycles. The fourth-order valence-electron chi connectivity index (χ4n) is 1.91. The van der Waals surface area contributed by atoms with Gasteiger partial charge in [0.15, 0.2) is 0 Å². The fraction of sp³-hybridized carbons (Fsp3) is 0.188. The zero-order chi connectivity index (χ0) is 15.2. The largest absolute Gasteiger partial charge is 0.352 e. The molecule has 0 fully saturated rings. The van der Waals surface area contributed by atoms with Gasteiger partial charge in [-0.3, -0.25) is 4.79 Å². The highest BCUT2D eigenvalue weighted by atomic mass is 79.9. The van der Waals surface area contributed by atoms with Gasteiger partial charge in [0, 0.05) is 16.0 Å². The van der Waals surface area contributed by atoms with E-state index in [9.17, 15) is 4.79 Å². The first-order valence-electron chi connectivity index (χ1n) is 6.54. The molecule has 0 saturated carbocycles. The van der Waals surface area contributed by atoms with Crippen molar-refractivity contribution in [3.05, 3.63) is 68.1 Å². The molecule has 0 aliphatic rings. The van der Waals surface area contributed by atoms with Crippen LogP contribution in [-0.4, -0.2) is 12.5 Å². The summed E-state index contributed by atoms with van der Waals surface area (Å²) in [6.07, 6.45) is 1.75. The highest BCUT2D eigenvalue weighted by Gasteiger charge is 2.10. The highest BCUT2D eigenvalue weighted by Crippen LogP contribution is 2.20. The average molecular weight is 387 g/mol. The van der Waals surface area contributed by atoms with E-state index in [-0.39, 0.29) is 5.91 Å². The number of rotatable bonds is 5. The lowest BCUT2D eigenvalue weighted by Gasteiger charge is -2.07. The van der Waals surface area contributed by atoms with Crippen LogP contribution in [0, 0.1) is 0 Å². The number of aryl methyl sites for hydroxylation is 1. The summed E-state index contributed by atoms with van der Waals surface area (Å²) >= 11 is 15.2. The predicted molar refractivity (Wildman–Crippen MR) is 91.3 cm³/mol. The Morgan fingerprint density at radius 3 is 2.52 bits per heavy atom. The summed E-state index contributed by atoms with van der Waals surface area (Å²) < 4.78 is 0.832. The highest BCUT2D eigenvalue weighted by molar-refractivity contribution is 9.10. The van der Waals surface area contributed by atoms with Gasteiger partial charge in [0.2, 0.25) is 0 Å². The Morgan fingerprint density at radius 1 is 1.10 bits per heavy atom. The molecule has 0 heterocycles. The van der Waals surface area contributed by atoms with Crippen molar-refractivity contribution in [3.8, 4) is 0 Å². The van der Waals surface area contributed by atoms with Crippen LogP contribution in [0.2, 0.25) is 10.0 Å². The normalized spacial score (nSPS) is 10.4.